The van der Waals surface area contributed by atoms with E-state index in [0.29, 0.717) is 0 Å². The molecule has 10 heteroatoms. The first-order valence-electron chi connectivity index (χ1n) is 15.2. The van der Waals surface area contributed by atoms with Crippen molar-refractivity contribution in [2.75, 3.05) is 0 Å². The Labute approximate surface area is 288 Å². The van der Waals surface area contributed by atoms with Crippen molar-refractivity contribution in [2.24, 2.45) is 5.73 Å². The summed E-state index contributed by atoms with van der Waals surface area (Å²) in [6, 6.07) is -1.82. The van der Waals surface area contributed by atoms with Gasteiger partial charge in [0.25, 0.3) is 0 Å². The Bertz CT molecular complexity index is 601. The predicted octanol–water partition coefficient (Wildman–Crippen LogP) is 5.78. The van der Waals surface area contributed by atoms with Crippen molar-refractivity contribution in [3.8, 4) is 0 Å². The Morgan fingerprint density at radius 1 is 0.550 bits per heavy atom. The van der Waals surface area contributed by atoms with Crippen LogP contribution in [-0.4, -0.2) is 110 Å². The van der Waals surface area contributed by atoms with E-state index in [0.717, 1.165) is 43.4 Å². The van der Waals surface area contributed by atoms with Crippen LogP contribution in [0, 0.1) is 0 Å². The fraction of sp³-hybridized carbons (Fsp3) is 0.867. The third kappa shape index (κ3) is 29.5. The third-order valence-electron chi connectivity index (χ3n) is 6.66. The average Bonchev–Trinajstić information content (AvgIpc) is 2.87. The number of hydrogen-bond donors (Lipinski definition) is 3. The number of carboxylic acid groups (broad SMARTS) is 2. The molecule has 228 valence electrons. The minimum absolute atomic E-state index is 0. The van der Waals surface area contributed by atoms with Crippen LogP contribution >= 0.6 is 0 Å². The molecule has 0 radical (unpaired) electrons. The summed E-state index contributed by atoms with van der Waals surface area (Å²) in [5.41, 5.74) is 4.84. The summed E-state index contributed by atoms with van der Waals surface area (Å²) in [5.74, 6) is -2.74. The zero-order valence-corrected chi connectivity index (χ0v) is 24.8. The van der Waals surface area contributed by atoms with Gasteiger partial charge in [-0.3, -0.25) is 19.3 Å². The second kappa shape index (κ2) is 33.5. The van der Waals surface area contributed by atoms with Gasteiger partial charge in [0.2, 0.25) is 11.8 Å². The zero-order valence-electron chi connectivity index (χ0n) is 24.8. The van der Waals surface area contributed by atoms with Gasteiger partial charge in [-0.1, -0.05) is 117 Å². The van der Waals surface area contributed by atoms with Crippen molar-refractivity contribution in [1.82, 2.24) is 4.90 Å². The van der Waals surface area contributed by atoms with Crippen molar-refractivity contribution >= 4 is 82.9 Å². The van der Waals surface area contributed by atoms with Crippen LogP contribution in [0.25, 0.3) is 0 Å². The molecule has 4 N–H and O–H groups in total. The van der Waals surface area contributed by atoms with Crippen molar-refractivity contribution < 1.29 is 29.4 Å². The van der Waals surface area contributed by atoms with Gasteiger partial charge in [0.15, 0.2) is 0 Å². The second-order valence-electron chi connectivity index (χ2n) is 10.5. The Hall–Kier alpha value is 0.0400. The number of imide groups is 1. The Morgan fingerprint density at radius 2 is 0.800 bits per heavy atom. The Balaban J connectivity index is -0.000000724. The molecule has 8 nitrogen and oxygen atoms in total. The van der Waals surface area contributed by atoms with Crippen LogP contribution in [0.1, 0.15) is 156 Å². The van der Waals surface area contributed by atoms with Crippen molar-refractivity contribution in [3.05, 3.63) is 0 Å². The fourth-order valence-corrected chi connectivity index (χ4v) is 4.10. The van der Waals surface area contributed by atoms with Crippen LogP contribution in [0.3, 0.4) is 0 Å². The normalized spacial score (nSPS) is 11.6. The molecular weight excluding hydrogens is 530 g/mol. The number of amides is 2. The van der Waals surface area contributed by atoms with E-state index in [9.17, 15) is 24.3 Å². The van der Waals surface area contributed by atoms with E-state index >= 15 is 0 Å². The first-order chi connectivity index (χ1) is 18.1. The molecule has 0 aliphatic carbocycles. The summed E-state index contributed by atoms with van der Waals surface area (Å²) in [6.07, 6.45) is 21.2. The fourth-order valence-electron chi connectivity index (χ4n) is 4.10. The molecule has 0 spiro atoms. The van der Waals surface area contributed by atoms with Crippen LogP contribution < -0.4 is 5.73 Å². The molecule has 0 saturated carbocycles. The predicted molar refractivity (Wildman–Crippen MR) is 168 cm³/mol. The van der Waals surface area contributed by atoms with Gasteiger partial charge in [0.05, 0.1) is 0 Å². The van der Waals surface area contributed by atoms with Crippen LogP contribution in [-0.2, 0) is 19.2 Å². The molecule has 40 heavy (non-hydrogen) atoms. The van der Waals surface area contributed by atoms with Crippen molar-refractivity contribution in [3.63, 3.8) is 0 Å². The zero-order chi connectivity index (χ0) is 29.2. The van der Waals surface area contributed by atoms with Gasteiger partial charge in [-0.15, -0.1) is 0 Å². The number of unbranched alkanes of at least 4 members (excludes halogenated alkanes) is 16. The first kappa shape index (κ1) is 47.0. The quantitative estimate of drug-likeness (QED) is 0.101. The molecule has 0 fully saturated rings. The Morgan fingerprint density at radius 3 is 1.02 bits per heavy atom. The topological polar surface area (TPSA) is 138 Å². The van der Waals surface area contributed by atoms with Gasteiger partial charge >= 0.3 is 71.1 Å². The number of rotatable bonds is 23. The molecule has 0 aromatic carbocycles. The van der Waals surface area contributed by atoms with Gasteiger partial charge in [0.1, 0.15) is 12.1 Å². The van der Waals surface area contributed by atoms with E-state index in [1.54, 1.807) is 0 Å². The minimum atomic E-state index is -1.12. The van der Waals surface area contributed by atoms with Crippen LogP contribution in [0.4, 0.5) is 0 Å². The molecule has 2 amide bonds. The summed E-state index contributed by atoms with van der Waals surface area (Å²) in [4.78, 5) is 47.3. The monoisotopic (exact) mass is 590 g/mol. The molecule has 0 saturated heterocycles. The second-order valence-corrected chi connectivity index (χ2v) is 10.5. The summed E-state index contributed by atoms with van der Waals surface area (Å²) in [6.45, 7) is 7.28. The molecule has 0 aromatic heterocycles. The molecule has 2 atom stereocenters. The summed E-state index contributed by atoms with van der Waals surface area (Å²) in [7, 11) is 0. The van der Waals surface area contributed by atoms with Gasteiger partial charge < -0.3 is 15.9 Å². The molecule has 0 rings (SSSR count). The number of nitrogens with two attached hydrogens (primary N) is 1. The SMILES string of the molecule is CCCCCCCCCCCC(=O)N(C(=O)CCCCCCCCCCC)C(C)C(=O)O.C[C@H](N)C(=O)O.[NaH].[NaH]. The van der Waals surface area contributed by atoms with Crippen LogP contribution in [0.15, 0.2) is 0 Å². The standard InChI is InChI=1S/C27H51NO4.C3H7NO2.2Na.2H/c1-4-6-8-10-12-14-16-18-20-22-25(29)28(24(3)27(31)32)26(30)23-21-19-17-15-13-11-9-7-5-2;1-2(4)3(5)6;;;;/h24H,4-23H2,1-3H3,(H,31,32);2H,4H2,1H3,(H,5,6);;;;/t;2-;;;;/m.0..../s1. The number of carbonyl (C=O) groups excluding carboxylic acids is 2. The van der Waals surface area contributed by atoms with Gasteiger partial charge in [0, 0.05) is 12.8 Å². The molecule has 0 bridgehead atoms. The van der Waals surface area contributed by atoms with E-state index in [1.165, 1.54) is 90.9 Å². The number of aliphatic carboxylic acids is 2. The molecule has 0 aromatic rings. The van der Waals surface area contributed by atoms with Gasteiger partial charge in [-0.05, 0) is 26.7 Å². The number of nitrogens with zero attached hydrogens (tertiary/aromatic N) is 1. The van der Waals surface area contributed by atoms with Gasteiger partial charge in [-0.2, -0.15) is 0 Å². The molecule has 0 aliphatic rings. The van der Waals surface area contributed by atoms with E-state index in [-0.39, 0.29) is 83.8 Å². The molecular formula is C30H60N2Na2O6. The summed E-state index contributed by atoms with van der Waals surface area (Å²) in [5, 5.41) is 17.2. The first-order valence-corrected chi connectivity index (χ1v) is 15.2. The number of hydrogen-bond acceptors (Lipinski definition) is 5. The maximum atomic E-state index is 12.6. The van der Waals surface area contributed by atoms with Crippen molar-refractivity contribution in [1.29, 1.82) is 0 Å². The number of carboxylic acids is 2. The molecule has 1 unspecified atom stereocenters. The third-order valence-corrected chi connectivity index (χ3v) is 6.66. The van der Waals surface area contributed by atoms with Crippen molar-refractivity contribution in [2.45, 2.75) is 168 Å². The van der Waals surface area contributed by atoms with Crippen LogP contribution in [0.5, 0.6) is 0 Å². The molecule has 0 aliphatic heterocycles. The maximum absolute atomic E-state index is 12.6. The molecule has 0 heterocycles. The number of carbonyl (C=O) groups is 4. The Kier molecular flexibility index (Phi) is 39.4. The van der Waals surface area contributed by atoms with E-state index in [2.05, 4.69) is 13.8 Å². The van der Waals surface area contributed by atoms with E-state index in [4.69, 9.17) is 10.8 Å². The van der Waals surface area contributed by atoms with Gasteiger partial charge in [-0.25, -0.2) is 4.79 Å². The average molecular weight is 591 g/mol. The summed E-state index contributed by atoms with van der Waals surface area (Å²) < 4.78 is 0. The summed E-state index contributed by atoms with van der Waals surface area (Å²) >= 11 is 0. The van der Waals surface area contributed by atoms with E-state index < -0.39 is 24.0 Å². The van der Waals surface area contributed by atoms with Crippen LogP contribution in [0.2, 0.25) is 0 Å². The van der Waals surface area contributed by atoms with E-state index in [1.807, 2.05) is 0 Å².